The number of alkyl halides is 1. The van der Waals surface area contributed by atoms with Gasteiger partial charge in [-0.3, -0.25) is 24.0 Å². The number of nitrogens with zero attached hydrogens (tertiary/aromatic N) is 2. The molecule has 0 aliphatic carbocycles. The molecule has 10 nitrogen and oxygen atoms in total. The maximum atomic E-state index is 14.6. The van der Waals surface area contributed by atoms with Crippen molar-refractivity contribution in [1.29, 1.82) is 0 Å². The monoisotopic (exact) mass is 690 g/mol. The second kappa shape index (κ2) is 27.7. The quantitative estimate of drug-likeness (QED) is 0.0318. The van der Waals surface area contributed by atoms with Gasteiger partial charge < -0.3 is 14.6 Å². The van der Waals surface area contributed by atoms with Gasteiger partial charge in [0, 0.05) is 52.0 Å². The van der Waals surface area contributed by atoms with Crippen LogP contribution in [0.1, 0.15) is 71.6 Å². The van der Waals surface area contributed by atoms with Crippen LogP contribution >= 0.6 is 7.75 Å². The second-order valence-electron chi connectivity index (χ2n) is 10.8. The molecule has 1 saturated heterocycles. The van der Waals surface area contributed by atoms with E-state index in [0.717, 1.165) is 43.4 Å². The molecule has 4 unspecified atom stereocenters. The third-order valence-corrected chi connectivity index (χ3v) is 8.52. The minimum absolute atomic E-state index is 0.0414. The van der Waals surface area contributed by atoms with E-state index in [4.69, 9.17) is 13.8 Å². The van der Waals surface area contributed by atoms with Gasteiger partial charge >= 0.3 is 7.75 Å². The summed E-state index contributed by atoms with van der Waals surface area (Å²) in [5, 5.41) is 5.43. The fourth-order valence-corrected chi connectivity index (χ4v) is 5.27. The number of amides is 2. The first-order valence-electron chi connectivity index (χ1n) is 16.6. The van der Waals surface area contributed by atoms with Gasteiger partial charge in [0.15, 0.2) is 6.23 Å². The topological polar surface area (TPSA) is 119 Å². The lowest BCUT2D eigenvalue weighted by molar-refractivity contribution is -0.130. The Hall–Kier alpha value is -3.21. The zero-order chi connectivity index (χ0) is 35.3. The van der Waals surface area contributed by atoms with Crippen LogP contribution in [0.3, 0.4) is 0 Å². The highest BCUT2D eigenvalue weighted by Crippen LogP contribution is 2.43. The summed E-state index contributed by atoms with van der Waals surface area (Å²) in [6.07, 6.45) is 32.4. The van der Waals surface area contributed by atoms with E-state index in [1.165, 1.54) is 13.3 Å². The number of allylic oxidation sites excluding steroid dienone is 13. The lowest BCUT2D eigenvalue weighted by Gasteiger charge is -2.23. The predicted molar refractivity (Wildman–Crippen MR) is 193 cm³/mol. The Balaban J connectivity index is 2.18. The van der Waals surface area contributed by atoms with Crippen LogP contribution in [0.25, 0.3) is 0 Å². The summed E-state index contributed by atoms with van der Waals surface area (Å²) in [5.74, 6) is -0.127. The van der Waals surface area contributed by atoms with Crippen molar-refractivity contribution in [3.05, 3.63) is 85.2 Å². The normalized spacial score (nSPS) is 20.5. The molecule has 1 aliphatic heterocycles. The first-order chi connectivity index (χ1) is 23.3. The van der Waals surface area contributed by atoms with Gasteiger partial charge in [0.25, 0.3) is 0 Å². The van der Waals surface area contributed by atoms with Crippen molar-refractivity contribution in [1.82, 2.24) is 15.3 Å². The first kappa shape index (κ1) is 42.8. The Morgan fingerprint density at radius 3 is 2.04 bits per heavy atom. The Labute approximate surface area is 287 Å². The molecule has 0 spiro atoms. The minimum Gasteiger partial charge on any atom is -0.355 e. The number of halogens is 1. The van der Waals surface area contributed by atoms with Crippen LogP contribution in [0.5, 0.6) is 0 Å². The van der Waals surface area contributed by atoms with Crippen molar-refractivity contribution in [2.24, 2.45) is 4.99 Å². The number of carbonyl (C=O) groups is 2. The molecule has 12 heteroatoms. The number of rotatable bonds is 26. The molecule has 0 aromatic carbocycles. The highest BCUT2D eigenvalue weighted by Gasteiger charge is 2.39. The maximum absolute atomic E-state index is 14.6. The zero-order valence-corrected chi connectivity index (χ0v) is 29.9. The summed E-state index contributed by atoms with van der Waals surface area (Å²) >= 11 is 0. The molecule has 2 amide bonds. The van der Waals surface area contributed by atoms with Gasteiger partial charge in [0.1, 0.15) is 6.17 Å². The minimum atomic E-state index is -3.72. The molecule has 0 bridgehead atoms. The van der Waals surface area contributed by atoms with Crippen molar-refractivity contribution in [2.45, 2.75) is 90.1 Å². The number of nitrogens with one attached hydrogen (secondary N) is 2. The molecule has 0 aromatic rings. The Morgan fingerprint density at radius 2 is 1.52 bits per heavy atom. The largest absolute Gasteiger partial charge is 0.405 e. The lowest BCUT2D eigenvalue weighted by atomic mass is 10.2. The van der Waals surface area contributed by atoms with E-state index in [0.29, 0.717) is 25.0 Å². The van der Waals surface area contributed by atoms with Crippen molar-refractivity contribution in [3.8, 4) is 0 Å². The van der Waals surface area contributed by atoms with Crippen LogP contribution in [0.15, 0.2) is 90.2 Å². The average Bonchev–Trinajstić information content (AvgIpc) is 3.46. The highest BCUT2D eigenvalue weighted by atomic mass is 31.2. The van der Waals surface area contributed by atoms with Gasteiger partial charge in [0.05, 0.1) is 12.7 Å². The summed E-state index contributed by atoms with van der Waals surface area (Å²) < 4.78 is 43.5. The van der Waals surface area contributed by atoms with E-state index >= 15 is 0 Å². The molecule has 2 N–H and O–H groups in total. The van der Waals surface area contributed by atoms with Gasteiger partial charge in [-0.25, -0.2) is 14.0 Å². The third kappa shape index (κ3) is 20.9. The standard InChI is InChI=1S/C36H56FN4O6P/c1-5-6-7-8-9-10-11-12-13-14-15-16-17-18-19-20-21-22-23-24-35(43)39-26-27-40-48(44,45-4)46-30-33-29-34(37)36(47-33)41(31-42)28-25-32(2)38-3/h6-7,9-10,12-13,15-16,18-19,21-22,25,28,31,33-34,36H,5,8,11,14,17,20,23-24,26-27,29-30H2,1-4H3,(H,39,43)(H,40,44)/b7-6-,10-9-,13-12-,16-15-,19-18-,22-21-,28-25-,38-32?. The van der Waals surface area contributed by atoms with E-state index in [9.17, 15) is 18.5 Å². The Bertz CT molecular complexity index is 1200. The number of ether oxygens (including phenoxy) is 1. The molecule has 1 fully saturated rings. The van der Waals surface area contributed by atoms with Crippen LogP contribution in [-0.2, 0) is 27.9 Å². The van der Waals surface area contributed by atoms with E-state index in [1.54, 1.807) is 20.0 Å². The first-order valence-corrected chi connectivity index (χ1v) is 18.2. The molecule has 1 aliphatic rings. The summed E-state index contributed by atoms with van der Waals surface area (Å²) in [6.45, 7) is 4.03. The van der Waals surface area contributed by atoms with Crippen LogP contribution in [0, 0.1) is 0 Å². The van der Waals surface area contributed by atoms with Gasteiger partial charge in [-0.2, -0.15) is 0 Å². The number of aliphatic imine (C=N–C) groups is 1. The maximum Gasteiger partial charge on any atom is 0.405 e. The average molecular weight is 691 g/mol. The molecular formula is C36H56FN4O6P. The van der Waals surface area contributed by atoms with Gasteiger partial charge in [-0.15, -0.1) is 0 Å². The molecule has 1 rings (SSSR count). The van der Waals surface area contributed by atoms with Gasteiger partial charge in [-0.05, 0) is 57.9 Å². The molecule has 48 heavy (non-hydrogen) atoms. The van der Waals surface area contributed by atoms with Crippen molar-refractivity contribution in [3.63, 3.8) is 0 Å². The fraction of sp³-hybridized carbons (Fsp3) is 0.528. The molecule has 4 atom stereocenters. The van der Waals surface area contributed by atoms with Crippen LogP contribution in [0.4, 0.5) is 4.39 Å². The van der Waals surface area contributed by atoms with Crippen molar-refractivity contribution < 1.29 is 32.3 Å². The molecule has 0 saturated carbocycles. The van der Waals surface area contributed by atoms with Crippen molar-refractivity contribution >= 4 is 25.8 Å². The van der Waals surface area contributed by atoms with Crippen LogP contribution in [-0.4, -0.2) is 75.3 Å². The van der Waals surface area contributed by atoms with Crippen LogP contribution in [0.2, 0.25) is 0 Å². The van der Waals surface area contributed by atoms with E-state index in [-0.39, 0.29) is 32.0 Å². The Morgan fingerprint density at radius 1 is 0.958 bits per heavy atom. The fourth-order valence-electron chi connectivity index (χ4n) is 4.20. The number of carbonyl (C=O) groups excluding carboxylic acids is 2. The van der Waals surface area contributed by atoms with Gasteiger partial charge in [0.2, 0.25) is 12.3 Å². The van der Waals surface area contributed by atoms with Crippen molar-refractivity contribution in [2.75, 3.05) is 33.9 Å². The molecule has 0 aromatic heterocycles. The molecular weight excluding hydrogens is 634 g/mol. The van der Waals surface area contributed by atoms with Crippen LogP contribution < -0.4 is 10.4 Å². The van der Waals surface area contributed by atoms with Gasteiger partial charge in [-0.1, -0.05) is 79.8 Å². The summed E-state index contributed by atoms with van der Waals surface area (Å²) in [6, 6.07) is 0. The smallest absolute Gasteiger partial charge is 0.355 e. The molecule has 0 radical (unpaired) electrons. The lowest BCUT2D eigenvalue weighted by Crippen LogP contribution is -2.36. The molecule has 268 valence electrons. The SMILES string of the molecule is CC/C=C\C/C=C\C/C=C\C/C=C\C/C=C\C/C=C\CCC(=O)NCCNP(=O)(OC)OCC1CC(F)C(N(C=O)/C=C\C(C)=NC)O1. The Kier molecular flexibility index (Phi) is 24.7. The molecule has 1 heterocycles. The highest BCUT2D eigenvalue weighted by molar-refractivity contribution is 7.51. The third-order valence-electron chi connectivity index (χ3n) is 6.94. The summed E-state index contributed by atoms with van der Waals surface area (Å²) in [7, 11) is -0.884. The predicted octanol–water partition coefficient (Wildman–Crippen LogP) is 7.46. The summed E-state index contributed by atoms with van der Waals surface area (Å²) in [5.41, 5.74) is 0.656. The second-order valence-corrected chi connectivity index (χ2v) is 12.8. The number of hydrogen-bond acceptors (Lipinski definition) is 7. The van der Waals surface area contributed by atoms with E-state index < -0.39 is 26.3 Å². The zero-order valence-electron chi connectivity index (χ0n) is 29.0. The number of hydrogen-bond donors (Lipinski definition) is 2. The van der Waals surface area contributed by atoms with E-state index in [2.05, 4.69) is 83.1 Å². The van der Waals surface area contributed by atoms with E-state index in [1.807, 2.05) is 12.2 Å². The summed E-state index contributed by atoms with van der Waals surface area (Å²) in [4.78, 5) is 28.6.